The molecule has 2 aromatic carbocycles. The van der Waals surface area contributed by atoms with Crippen LogP contribution in [-0.2, 0) is 4.74 Å². The molecule has 0 saturated heterocycles. The topological polar surface area (TPSA) is 108 Å². The Morgan fingerprint density at radius 2 is 1.86 bits per heavy atom. The number of aryl methyl sites for hydroxylation is 1. The van der Waals surface area contributed by atoms with Crippen LogP contribution in [0.2, 0.25) is 5.02 Å². The van der Waals surface area contributed by atoms with Crippen LogP contribution in [0, 0.1) is 6.92 Å². The zero-order chi connectivity index (χ0) is 21.1. The Labute approximate surface area is 172 Å². The number of anilines is 2. The standard InChI is InChI=1S/C20H19ClN4O4/c1-11-8-16(17(28-2)9-15(11)21)24-19(26)12-4-6-13(7-5-12)25-18(22)14(10-23-25)20(27)29-3/h4-10H,22H2,1-3H3,(H,24,26). The van der Waals surface area contributed by atoms with Gasteiger partial charge in [-0.15, -0.1) is 0 Å². The van der Waals surface area contributed by atoms with Gasteiger partial charge in [0.2, 0.25) is 0 Å². The van der Waals surface area contributed by atoms with Crippen molar-refractivity contribution < 1.29 is 19.1 Å². The number of carbonyl (C=O) groups excluding carboxylic acids is 2. The molecule has 1 aromatic heterocycles. The summed E-state index contributed by atoms with van der Waals surface area (Å²) in [7, 11) is 2.77. The minimum absolute atomic E-state index is 0.149. The molecule has 0 aliphatic carbocycles. The van der Waals surface area contributed by atoms with Crippen LogP contribution >= 0.6 is 11.6 Å². The van der Waals surface area contributed by atoms with Crippen molar-refractivity contribution in [3.8, 4) is 11.4 Å². The van der Waals surface area contributed by atoms with E-state index >= 15 is 0 Å². The van der Waals surface area contributed by atoms with Crippen molar-refractivity contribution in [2.45, 2.75) is 6.92 Å². The maximum Gasteiger partial charge on any atom is 0.343 e. The van der Waals surface area contributed by atoms with E-state index in [0.717, 1.165) is 5.56 Å². The number of nitrogens with zero attached hydrogens (tertiary/aromatic N) is 2. The molecule has 0 radical (unpaired) electrons. The Hall–Kier alpha value is -3.52. The highest BCUT2D eigenvalue weighted by atomic mass is 35.5. The van der Waals surface area contributed by atoms with E-state index in [0.29, 0.717) is 27.7 Å². The lowest BCUT2D eigenvalue weighted by Crippen LogP contribution is -2.13. The number of hydrogen-bond acceptors (Lipinski definition) is 6. The van der Waals surface area contributed by atoms with E-state index in [1.54, 1.807) is 36.4 Å². The van der Waals surface area contributed by atoms with E-state index in [-0.39, 0.29) is 17.3 Å². The lowest BCUT2D eigenvalue weighted by molar-refractivity contribution is 0.0602. The number of methoxy groups -OCH3 is 2. The predicted octanol–water partition coefficient (Wildman–Crippen LogP) is 3.46. The first-order valence-corrected chi connectivity index (χ1v) is 8.91. The van der Waals surface area contributed by atoms with Crippen LogP contribution in [0.4, 0.5) is 11.5 Å². The van der Waals surface area contributed by atoms with Crippen molar-refractivity contribution in [3.63, 3.8) is 0 Å². The van der Waals surface area contributed by atoms with Gasteiger partial charge in [-0.05, 0) is 42.8 Å². The first-order chi connectivity index (χ1) is 13.8. The van der Waals surface area contributed by atoms with Gasteiger partial charge in [0, 0.05) is 16.7 Å². The highest BCUT2D eigenvalue weighted by Crippen LogP contribution is 2.31. The molecule has 0 aliphatic heterocycles. The lowest BCUT2D eigenvalue weighted by Gasteiger charge is -2.12. The molecule has 0 fully saturated rings. The Balaban J connectivity index is 1.82. The molecular weight excluding hydrogens is 396 g/mol. The van der Waals surface area contributed by atoms with E-state index in [1.165, 1.54) is 25.1 Å². The van der Waals surface area contributed by atoms with E-state index < -0.39 is 5.97 Å². The van der Waals surface area contributed by atoms with Crippen LogP contribution in [0.5, 0.6) is 5.75 Å². The molecule has 0 saturated carbocycles. The number of benzene rings is 2. The smallest absolute Gasteiger partial charge is 0.343 e. The minimum atomic E-state index is -0.572. The Kier molecular flexibility index (Phi) is 5.74. The summed E-state index contributed by atoms with van der Waals surface area (Å²) in [5.74, 6) is -0.280. The summed E-state index contributed by atoms with van der Waals surface area (Å²) in [5.41, 5.74) is 8.47. The molecule has 3 aromatic rings. The Bertz CT molecular complexity index is 1080. The number of ether oxygens (including phenoxy) is 2. The van der Waals surface area contributed by atoms with Crippen LogP contribution in [0.15, 0.2) is 42.6 Å². The van der Waals surface area contributed by atoms with Gasteiger partial charge in [0.15, 0.2) is 0 Å². The van der Waals surface area contributed by atoms with Crippen LogP contribution in [-0.4, -0.2) is 35.9 Å². The number of aromatic nitrogens is 2. The normalized spacial score (nSPS) is 10.5. The van der Waals surface area contributed by atoms with Gasteiger partial charge in [-0.25, -0.2) is 9.48 Å². The van der Waals surface area contributed by atoms with Crippen molar-refractivity contribution in [2.24, 2.45) is 0 Å². The Morgan fingerprint density at radius 1 is 1.17 bits per heavy atom. The molecule has 0 atom stereocenters. The zero-order valence-electron chi connectivity index (χ0n) is 16.0. The largest absolute Gasteiger partial charge is 0.495 e. The van der Waals surface area contributed by atoms with Crippen LogP contribution in [0.3, 0.4) is 0 Å². The summed E-state index contributed by atoms with van der Waals surface area (Å²) in [6.07, 6.45) is 1.33. The third-order valence-electron chi connectivity index (χ3n) is 4.31. The number of amides is 1. The van der Waals surface area contributed by atoms with Gasteiger partial charge in [-0.3, -0.25) is 4.79 Å². The molecule has 0 bridgehead atoms. The van der Waals surface area contributed by atoms with Crippen molar-refractivity contribution >= 4 is 35.0 Å². The molecule has 29 heavy (non-hydrogen) atoms. The van der Waals surface area contributed by atoms with E-state index in [2.05, 4.69) is 15.2 Å². The highest BCUT2D eigenvalue weighted by Gasteiger charge is 2.17. The average Bonchev–Trinajstić information content (AvgIpc) is 3.11. The molecule has 0 aliphatic rings. The van der Waals surface area contributed by atoms with E-state index in [9.17, 15) is 9.59 Å². The van der Waals surface area contributed by atoms with Gasteiger partial charge >= 0.3 is 5.97 Å². The average molecular weight is 415 g/mol. The maximum atomic E-state index is 12.6. The summed E-state index contributed by atoms with van der Waals surface area (Å²) in [4.78, 5) is 24.3. The van der Waals surface area contributed by atoms with Crippen molar-refractivity contribution in [1.82, 2.24) is 9.78 Å². The highest BCUT2D eigenvalue weighted by molar-refractivity contribution is 6.31. The molecule has 150 valence electrons. The maximum absolute atomic E-state index is 12.6. The number of hydrogen-bond donors (Lipinski definition) is 2. The molecule has 0 spiro atoms. The van der Waals surface area contributed by atoms with Gasteiger partial charge in [-0.1, -0.05) is 11.6 Å². The van der Waals surface area contributed by atoms with Gasteiger partial charge in [0.1, 0.15) is 17.1 Å². The van der Waals surface area contributed by atoms with Gasteiger partial charge in [-0.2, -0.15) is 5.10 Å². The van der Waals surface area contributed by atoms with Gasteiger partial charge in [0.05, 0.1) is 31.8 Å². The minimum Gasteiger partial charge on any atom is -0.495 e. The van der Waals surface area contributed by atoms with Crippen molar-refractivity contribution in [1.29, 1.82) is 0 Å². The number of halogens is 1. The third-order valence-corrected chi connectivity index (χ3v) is 4.72. The monoisotopic (exact) mass is 414 g/mol. The first kappa shape index (κ1) is 20.2. The molecular formula is C20H19ClN4O4. The second-order valence-corrected chi connectivity index (χ2v) is 6.56. The van der Waals surface area contributed by atoms with E-state index in [1.807, 2.05) is 6.92 Å². The SMILES string of the molecule is COC(=O)c1cnn(-c2ccc(C(=O)Nc3cc(C)c(Cl)cc3OC)cc2)c1N. The number of carbonyl (C=O) groups is 2. The number of nitrogens with one attached hydrogen (secondary N) is 1. The van der Waals surface area contributed by atoms with Crippen molar-refractivity contribution in [2.75, 3.05) is 25.3 Å². The lowest BCUT2D eigenvalue weighted by atomic mass is 10.1. The molecule has 0 unspecified atom stereocenters. The fourth-order valence-electron chi connectivity index (χ4n) is 2.71. The van der Waals surface area contributed by atoms with Crippen LogP contribution in [0.25, 0.3) is 5.69 Å². The first-order valence-electron chi connectivity index (χ1n) is 8.53. The Morgan fingerprint density at radius 3 is 2.48 bits per heavy atom. The number of esters is 1. The predicted molar refractivity (Wildman–Crippen MR) is 110 cm³/mol. The summed E-state index contributed by atoms with van der Waals surface area (Å²) < 4.78 is 11.3. The molecule has 9 heteroatoms. The van der Waals surface area contributed by atoms with Gasteiger partial charge in [0.25, 0.3) is 5.91 Å². The van der Waals surface area contributed by atoms with E-state index in [4.69, 9.17) is 22.1 Å². The van der Waals surface area contributed by atoms with Crippen molar-refractivity contribution in [3.05, 3.63) is 64.3 Å². The summed E-state index contributed by atoms with van der Waals surface area (Å²) in [5, 5.41) is 7.46. The molecule has 3 rings (SSSR count). The number of nitrogens with two attached hydrogens (primary N) is 1. The second-order valence-electron chi connectivity index (χ2n) is 6.15. The van der Waals surface area contributed by atoms with Crippen LogP contribution < -0.4 is 15.8 Å². The third kappa shape index (κ3) is 4.02. The number of nitrogen functional groups attached to an aromatic ring is 1. The van der Waals surface area contributed by atoms with Gasteiger partial charge < -0.3 is 20.5 Å². The fraction of sp³-hybridized carbons (Fsp3) is 0.150. The molecule has 8 nitrogen and oxygen atoms in total. The molecule has 1 amide bonds. The summed E-state index contributed by atoms with van der Waals surface area (Å²) in [6.45, 7) is 1.84. The fourth-order valence-corrected chi connectivity index (χ4v) is 2.86. The molecule has 3 N–H and O–H groups in total. The second kappa shape index (κ2) is 8.24. The summed E-state index contributed by atoms with van der Waals surface area (Å²) >= 11 is 6.10. The summed E-state index contributed by atoms with van der Waals surface area (Å²) in [6, 6.07) is 9.98. The zero-order valence-corrected chi connectivity index (χ0v) is 16.8. The quantitative estimate of drug-likeness (QED) is 0.619. The number of rotatable bonds is 5. The van der Waals surface area contributed by atoms with Crippen LogP contribution in [0.1, 0.15) is 26.3 Å². The molecule has 1 heterocycles.